The van der Waals surface area contributed by atoms with Crippen molar-refractivity contribution in [3.05, 3.63) is 29.8 Å². The van der Waals surface area contributed by atoms with Crippen LogP contribution in [-0.4, -0.2) is 28.0 Å². The van der Waals surface area contributed by atoms with E-state index in [1.54, 1.807) is 31.2 Å². The Hall–Kier alpha value is -1.59. The van der Waals surface area contributed by atoms with E-state index in [9.17, 15) is 15.0 Å². The molecule has 0 spiro atoms. The molecule has 5 nitrogen and oxygen atoms in total. The minimum atomic E-state index is -1.73. The van der Waals surface area contributed by atoms with Crippen LogP contribution >= 0.6 is 0 Å². The number of aliphatic hydroxyl groups is 2. The highest BCUT2D eigenvalue weighted by Gasteiger charge is 2.16. The van der Waals surface area contributed by atoms with Crippen LogP contribution in [0.4, 0.5) is 0 Å². The molecule has 0 saturated heterocycles. The van der Waals surface area contributed by atoms with E-state index >= 15 is 0 Å². The predicted octanol–water partition coefficient (Wildman–Crippen LogP) is 1.21. The van der Waals surface area contributed by atoms with Gasteiger partial charge in [0, 0.05) is 6.42 Å². The van der Waals surface area contributed by atoms with E-state index in [1.807, 2.05) is 13.8 Å². The lowest BCUT2D eigenvalue weighted by Crippen LogP contribution is -2.30. The highest BCUT2D eigenvalue weighted by Crippen LogP contribution is 2.16. The van der Waals surface area contributed by atoms with Crippen LogP contribution < -0.4 is 10.5 Å². The van der Waals surface area contributed by atoms with Crippen LogP contribution in [0.5, 0.6) is 5.75 Å². The van der Waals surface area contributed by atoms with Crippen molar-refractivity contribution < 1.29 is 19.7 Å². The van der Waals surface area contributed by atoms with Gasteiger partial charge in [0.1, 0.15) is 5.75 Å². The van der Waals surface area contributed by atoms with E-state index in [0.29, 0.717) is 5.75 Å². The third-order valence-corrected chi connectivity index (χ3v) is 2.18. The Kier molecular flexibility index (Phi) is 7.11. The molecular formula is C14H23NO4. The summed E-state index contributed by atoms with van der Waals surface area (Å²) in [5.41, 5.74) is 5.83. The summed E-state index contributed by atoms with van der Waals surface area (Å²) in [5, 5.41) is 18.4. The van der Waals surface area contributed by atoms with Crippen LogP contribution in [0.1, 0.15) is 33.3 Å². The molecule has 5 heteroatoms. The number of carbonyl (C=O) groups excluding carboxylic acids is 1. The van der Waals surface area contributed by atoms with Crippen LogP contribution in [0.2, 0.25) is 0 Å². The number of benzene rings is 1. The molecule has 1 aromatic rings. The van der Waals surface area contributed by atoms with Gasteiger partial charge in [-0.15, -0.1) is 0 Å². The van der Waals surface area contributed by atoms with Gasteiger partial charge in [-0.25, -0.2) is 0 Å². The first-order chi connectivity index (χ1) is 8.78. The molecule has 0 radical (unpaired) electrons. The van der Waals surface area contributed by atoms with Gasteiger partial charge in [-0.1, -0.05) is 26.0 Å². The molecular weight excluding hydrogens is 246 g/mol. The second-order valence-electron chi connectivity index (χ2n) is 4.20. The molecule has 0 fully saturated rings. The van der Waals surface area contributed by atoms with E-state index < -0.39 is 17.8 Å². The zero-order valence-corrected chi connectivity index (χ0v) is 11.9. The topological polar surface area (TPSA) is 92.8 Å². The maximum Gasteiger partial charge on any atom is 0.258 e. The third kappa shape index (κ3) is 7.43. The molecule has 1 atom stereocenters. The molecule has 0 aromatic heterocycles. The number of hydrogen-bond acceptors (Lipinski definition) is 4. The average Bonchev–Trinajstić information content (AvgIpc) is 2.32. The van der Waals surface area contributed by atoms with Gasteiger partial charge in [-0.05, 0) is 31.5 Å². The van der Waals surface area contributed by atoms with Gasteiger partial charge >= 0.3 is 0 Å². The summed E-state index contributed by atoms with van der Waals surface area (Å²) in [6.45, 7) is 6.88. The van der Waals surface area contributed by atoms with Crippen molar-refractivity contribution in [2.75, 3.05) is 0 Å². The van der Waals surface area contributed by atoms with E-state index in [4.69, 9.17) is 10.5 Å². The highest BCUT2D eigenvalue weighted by atomic mass is 16.5. The fourth-order valence-corrected chi connectivity index (χ4v) is 1.33. The SMILES string of the molecule is CC.CC(Oc1ccc(CC(C)(O)O)cc1)C(N)=O. The van der Waals surface area contributed by atoms with Gasteiger partial charge < -0.3 is 20.7 Å². The van der Waals surface area contributed by atoms with Crippen molar-refractivity contribution in [3.63, 3.8) is 0 Å². The third-order valence-electron chi connectivity index (χ3n) is 2.18. The lowest BCUT2D eigenvalue weighted by molar-refractivity contribution is -0.142. The molecule has 1 aromatic carbocycles. The summed E-state index contributed by atoms with van der Waals surface area (Å²) < 4.78 is 5.26. The molecule has 4 N–H and O–H groups in total. The molecule has 0 aliphatic rings. The summed E-state index contributed by atoms with van der Waals surface area (Å²) >= 11 is 0. The summed E-state index contributed by atoms with van der Waals surface area (Å²) in [7, 11) is 0. The lowest BCUT2D eigenvalue weighted by Gasteiger charge is -2.16. The van der Waals surface area contributed by atoms with Crippen LogP contribution in [0.25, 0.3) is 0 Å². The zero-order valence-electron chi connectivity index (χ0n) is 11.9. The van der Waals surface area contributed by atoms with Gasteiger partial charge in [0.05, 0.1) is 0 Å². The summed E-state index contributed by atoms with van der Waals surface area (Å²) in [6.07, 6.45) is -0.569. The molecule has 0 aliphatic carbocycles. The number of amides is 1. The van der Waals surface area contributed by atoms with Gasteiger partial charge in [-0.3, -0.25) is 4.79 Å². The van der Waals surface area contributed by atoms with Crippen molar-refractivity contribution in [2.24, 2.45) is 5.73 Å². The largest absolute Gasteiger partial charge is 0.481 e. The monoisotopic (exact) mass is 269 g/mol. The maximum atomic E-state index is 10.8. The van der Waals surface area contributed by atoms with Gasteiger partial charge in [-0.2, -0.15) is 0 Å². The normalized spacial score (nSPS) is 12.1. The van der Waals surface area contributed by atoms with Crippen molar-refractivity contribution in [1.29, 1.82) is 0 Å². The molecule has 0 aliphatic heterocycles. The minimum Gasteiger partial charge on any atom is -0.481 e. The number of carbonyl (C=O) groups is 1. The van der Waals surface area contributed by atoms with E-state index in [0.717, 1.165) is 5.56 Å². The standard InChI is InChI=1S/C12H17NO4.C2H6/c1-8(11(13)14)17-10-5-3-9(4-6-10)7-12(2,15)16;1-2/h3-6,8,15-16H,7H2,1-2H3,(H2,13,14);1-2H3. The van der Waals surface area contributed by atoms with Gasteiger partial charge in [0.2, 0.25) is 0 Å². The molecule has 1 amide bonds. The first-order valence-corrected chi connectivity index (χ1v) is 6.27. The fraction of sp³-hybridized carbons (Fsp3) is 0.500. The number of rotatable bonds is 5. The predicted molar refractivity (Wildman–Crippen MR) is 73.6 cm³/mol. The number of nitrogens with two attached hydrogens (primary N) is 1. The average molecular weight is 269 g/mol. The highest BCUT2D eigenvalue weighted by molar-refractivity contribution is 5.78. The Morgan fingerprint density at radius 2 is 1.79 bits per heavy atom. The molecule has 0 bridgehead atoms. The summed E-state index contributed by atoms with van der Waals surface area (Å²) in [6, 6.07) is 6.71. The second kappa shape index (κ2) is 7.76. The van der Waals surface area contributed by atoms with Crippen LogP contribution in [-0.2, 0) is 11.2 Å². The molecule has 1 unspecified atom stereocenters. The number of ether oxygens (including phenoxy) is 1. The zero-order chi connectivity index (χ0) is 15.1. The lowest BCUT2D eigenvalue weighted by atomic mass is 10.1. The van der Waals surface area contributed by atoms with Gasteiger partial charge in [0.15, 0.2) is 11.9 Å². The van der Waals surface area contributed by atoms with Crippen LogP contribution in [0, 0.1) is 0 Å². The number of primary amides is 1. The molecule has 19 heavy (non-hydrogen) atoms. The van der Waals surface area contributed by atoms with Crippen molar-refractivity contribution in [2.45, 2.75) is 46.0 Å². The van der Waals surface area contributed by atoms with Crippen LogP contribution in [0.3, 0.4) is 0 Å². The molecule has 1 rings (SSSR count). The maximum absolute atomic E-state index is 10.8. The van der Waals surface area contributed by atoms with E-state index in [-0.39, 0.29) is 6.42 Å². The Labute approximate surface area is 114 Å². The first-order valence-electron chi connectivity index (χ1n) is 6.27. The number of hydrogen-bond donors (Lipinski definition) is 3. The Morgan fingerprint density at radius 1 is 1.32 bits per heavy atom. The Balaban J connectivity index is 0.00000154. The van der Waals surface area contributed by atoms with E-state index in [2.05, 4.69) is 0 Å². The van der Waals surface area contributed by atoms with Crippen molar-refractivity contribution in [1.82, 2.24) is 0 Å². The van der Waals surface area contributed by atoms with Gasteiger partial charge in [0.25, 0.3) is 5.91 Å². The minimum absolute atomic E-state index is 0.124. The Bertz CT molecular complexity index is 381. The first kappa shape index (κ1) is 17.4. The molecule has 108 valence electrons. The second-order valence-corrected chi connectivity index (χ2v) is 4.20. The van der Waals surface area contributed by atoms with Crippen molar-refractivity contribution >= 4 is 5.91 Å². The summed E-state index contributed by atoms with van der Waals surface area (Å²) in [5.74, 6) is -1.76. The Morgan fingerprint density at radius 3 is 2.16 bits per heavy atom. The van der Waals surface area contributed by atoms with Crippen molar-refractivity contribution in [3.8, 4) is 5.75 Å². The van der Waals surface area contributed by atoms with E-state index in [1.165, 1.54) is 6.92 Å². The van der Waals surface area contributed by atoms with Crippen LogP contribution in [0.15, 0.2) is 24.3 Å². The molecule has 0 heterocycles. The fourth-order valence-electron chi connectivity index (χ4n) is 1.33. The quantitative estimate of drug-likeness (QED) is 0.700. The smallest absolute Gasteiger partial charge is 0.258 e. The summed E-state index contributed by atoms with van der Waals surface area (Å²) in [4.78, 5) is 10.8. The molecule has 0 saturated carbocycles.